The van der Waals surface area contributed by atoms with Gasteiger partial charge in [-0.15, -0.1) is 0 Å². The zero-order chi connectivity index (χ0) is 17.3. The molecule has 124 valence electrons. The van der Waals surface area contributed by atoms with E-state index < -0.39 is 0 Å². The van der Waals surface area contributed by atoms with Crippen LogP contribution in [0.2, 0.25) is 0 Å². The first-order valence-electron chi connectivity index (χ1n) is 9.17. The van der Waals surface area contributed by atoms with Gasteiger partial charge in [0.15, 0.2) is 0 Å². The molecule has 0 aliphatic heterocycles. The lowest BCUT2D eigenvalue weighted by Crippen LogP contribution is -2.33. The molecule has 0 bridgehead atoms. The number of fused-ring (bicyclic) bond motifs is 10. The molecule has 0 saturated heterocycles. The first kappa shape index (κ1) is 14.8. The van der Waals surface area contributed by atoms with Crippen LogP contribution in [0.1, 0.15) is 28.2 Å². The van der Waals surface area contributed by atoms with Crippen LogP contribution in [0, 0.1) is 5.92 Å². The molecule has 0 aromatic heterocycles. The van der Waals surface area contributed by atoms with Crippen molar-refractivity contribution < 1.29 is 0 Å². The summed E-state index contributed by atoms with van der Waals surface area (Å²) >= 11 is 3.92. The Kier molecular flexibility index (Phi) is 2.88. The number of hydrogen-bond acceptors (Lipinski definition) is 0. The number of hydrogen-bond donors (Lipinski definition) is 0. The summed E-state index contributed by atoms with van der Waals surface area (Å²) < 4.78 is 1.22. The SMILES string of the molecule is Brc1cccc2c1C1(c3ccccc3-c3ccccc31)C1C=CC=CC21. The Labute approximate surface area is 162 Å². The molecule has 26 heavy (non-hydrogen) atoms. The highest BCUT2D eigenvalue weighted by atomic mass is 79.9. The number of allylic oxidation sites excluding steroid dienone is 4. The minimum atomic E-state index is -0.117. The van der Waals surface area contributed by atoms with Gasteiger partial charge in [-0.2, -0.15) is 0 Å². The predicted octanol–water partition coefficient (Wildman–Crippen LogP) is 6.60. The van der Waals surface area contributed by atoms with E-state index in [0.717, 1.165) is 0 Å². The Balaban J connectivity index is 1.83. The van der Waals surface area contributed by atoms with Crippen LogP contribution >= 0.6 is 15.9 Å². The summed E-state index contributed by atoms with van der Waals surface area (Å²) in [7, 11) is 0. The lowest BCUT2D eigenvalue weighted by atomic mass is 9.65. The standard InChI is InChI=1S/C25H17Br/c26-23-15-7-11-19-18-10-3-6-14-22(18)25(24(19)23)20-12-4-1-8-16(20)17-9-2-5-13-21(17)25/h1-15,18,22H. The third kappa shape index (κ3) is 1.57. The monoisotopic (exact) mass is 396 g/mol. The summed E-state index contributed by atoms with van der Waals surface area (Å²) in [5.74, 6) is 0.831. The van der Waals surface area contributed by atoms with Gasteiger partial charge in [-0.05, 0) is 39.4 Å². The van der Waals surface area contributed by atoms with Gasteiger partial charge in [0.05, 0.1) is 5.41 Å². The molecule has 3 aromatic carbocycles. The predicted molar refractivity (Wildman–Crippen MR) is 110 cm³/mol. The maximum atomic E-state index is 3.92. The molecule has 0 N–H and O–H groups in total. The lowest BCUT2D eigenvalue weighted by molar-refractivity contribution is 0.464. The van der Waals surface area contributed by atoms with Gasteiger partial charge < -0.3 is 0 Å². The van der Waals surface area contributed by atoms with E-state index in [0.29, 0.717) is 11.8 Å². The normalized spacial score (nSPS) is 22.8. The summed E-state index contributed by atoms with van der Waals surface area (Å²) in [6.07, 6.45) is 9.24. The van der Waals surface area contributed by atoms with E-state index in [1.807, 2.05) is 0 Å². The van der Waals surface area contributed by atoms with E-state index in [2.05, 4.69) is 107 Å². The van der Waals surface area contributed by atoms with Gasteiger partial charge >= 0.3 is 0 Å². The number of benzene rings is 3. The summed E-state index contributed by atoms with van der Waals surface area (Å²) in [5.41, 5.74) is 8.44. The van der Waals surface area contributed by atoms with Crippen LogP contribution in [0.3, 0.4) is 0 Å². The molecular weight excluding hydrogens is 380 g/mol. The van der Waals surface area contributed by atoms with Gasteiger partial charge in [0.1, 0.15) is 0 Å². The van der Waals surface area contributed by atoms with Crippen LogP contribution in [0.5, 0.6) is 0 Å². The maximum absolute atomic E-state index is 3.92. The minimum absolute atomic E-state index is 0.117. The molecule has 1 heteroatoms. The van der Waals surface area contributed by atoms with E-state index in [1.54, 1.807) is 0 Å². The lowest BCUT2D eigenvalue weighted by Gasteiger charge is -2.36. The molecule has 3 aromatic rings. The summed E-state index contributed by atoms with van der Waals surface area (Å²) in [5, 5.41) is 0. The molecule has 0 heterocycles. The molecule has 0 amide bonds. The third-order valence-corrected chi connectivity index (χ3v) is 7.09. The van der Waals surface area contributed by atoms with Crippen LogP contribution < -0.4 is 0 Å². The fraction of sp³-hybridized carbons (Fsp3) is 0.120. The second kappa shape index (κ2) is 5.08. The van der Waals surface area contributed by atoms with E-state index >= 15 is 0 Å². The molecule has 3 aliphatic rings. The summed E-state index contributed by atoms with van der Waals surface area (Å²) in [6, 6.07) is 24.7. The average Bonchev–Trinajstić information content (AvgIpc) is 3.16. The maximum Gasteiger partial charge on any atom is 0.0549 e. The van der Waals surface area contributed by atoms with E-state index in [9.17, 15) is 0 Å². The summed E-state index contributed by atoms with van der Waals surface area (Å²) in [4.78, 5) is 0. The van der Waals surface area contributed by atoms with Crippen molar-refractivity contribution in [3.63, 3.8) is 0 Å². The number of halogens is 1. The smallest absolute Gasteiger partial charge is 0.0549 e. The van der Waals surface area contributed by atoms with Crippen molar-refractivity contribution >= 4 is 15.9 Å². The minimum Gasteiger partial charge on any atom is -0.0789 e. The van der Waals surface area contributed by atoms with Crippen molar-refractivity contribution in [2.24, 2.45) is 5.92 Å². The molecule has 0 fully saturated rings. The van der Waals surface area contributed by atoms with E-state index in [1.165, 1.54) is 37.9 Å². The zero-order valence-corrected chi connectivity index (χ0v) is 15.8. The van der Waals surface area contributed by atoms with Crippen LogP contribution in [-0.4, -0.2) is 0 Å². The molecular formula is C25H17Br. The fourth-order valence-corrected chi connectivity index (χ4v) is 6.31. The molecule has 0 nitrogen and oxygen atoms in total. The topological polar surface area (TPSA) is 0 Å². The Hall–Kier alpha value is -2.38. The summed E-state index contributed by atoms with van der Waals surface area (Å²) in [6.45, 7) is 0. The Morgan fingerprint density at radius 3 is 2.08 bits per heavy atom. The van der Waals surface area contributed by atoms with Crippen molar-refractivity contribution in [1.29, 1.82) is 0 Å². The Morgan fingerprint density at radius 1 is 0.692 bits per heavy atom. The third-order valence-electron chi connectivity index (χ3n) is 6.43. The quantitative estimate of drug-likeness (QED) is 0.401. The Morgan fingerprint density at radius 2 is 1.35 bits per heavy atom. The first-order chi connectivity index (χ1) is 12.8. The van der Waals surface area contributed by atoms with Crippen LogP contribution in [-0.2, 0) is 5.41 Å². The van der Waals surface area contributed by atoms with E-state index in [-0.39, 0.29) is 5.41 Å². The molecule has 0 saturated carbocycles. The highest BCUT2D eigenvalue weighted by Gasteiger charge is 2.57. The van der Waals surface area contributed by atoms with Crippen molar-refractivity contribution in [3.8, 4) is 11.1 Å². The largest absolute Gasteiger partial charge is 0.0789 e. The van der Waals surface area contributed by atoms with E-state index in [4.69, 9.17) is 0 Å². The van der Waals surface area contributed by atoms with Gasteiger partial charge in [0.25, 0.3) is 0 Å². The molecule has 2 atom stereocenters. The zero-order valence-electron chi connectivity index (χ0n) is 14.2. The van der Waals surface area contributed by atoms with Gasteiger partial charge in [0.2, 0.25) is 0 Å². The highest BCUT2D eigenvalue weighted by Crippen LogP contribution is 2.66. The van der Waals surface area contributed by atoms with Crippen LogP contribution in [0.4, 0.5) is 0 Å². The molecule has 0 radical (unpaired) electrons. The Bertz CT molecular complexity index is 1070. The van der Waals surface area contributed by atoms with Crippen molar-refractivity contribution in [2.75, 3.05) is 0 Å². The molecule has 3 aliphatic carbocycles. The van der Waals surface area contributed by atoms with Gasteiger partial charge in [0, 0.05) is 16.3 Å². The molecule has 6 rings (SSSR count). The average molecular weight is 397 g/mol. The van der Waals surface area contributed by atoms with Crippen molar-refractivity contribution in [3.05, 3.63) is 118 Å². The molecule has 1 spiro atoms. The fourth-order valence-electron chi connectivity index (χ4n) is 5.62. The number of rotatable bonds is 0. The first-order valence-corrected chi connectivity index (χ1v) is 9.96. The van der Waals surface area contributed by atoms with Crippen LogP contribution in [0.15, 0.2) is 95.5 Å². The highest BCUT2D eigenvalue weighted by molar-refractivity contribution is 9.10. The van der Waals surface area contributed by atoms with Crippen molar-refractivity contribution in [2.45, 2.75) is 11.3 Å². The van der Waals surface area contributed by atoms with Gasteiger partial charge in [-0.1, -0.05) is 101 Å². The van der Waals surface area contributed by atoms with Crippen molar-refractivity contribution in [1.82, 2.24) is 0 Å². The van der Waals surface area contributed by atoms with Gasteiger partial charge in [-0.25, -0.2) is 0 Å². The second-order valence-corrected chi connectivity index (χ2v) is 8.28. The second-order valence-electron chi connectivity index (χ2n) is 7.42. The van der Waals surface area contributed by atoms with Crippen LogP contribution in [0.25, 0.3) is 11.1 Å². The molecule has 2 unspecified atom stereocenters. The van der Waals surface area contributed by atoms with Gasteiger partial charge in [-0.3, -0.25) is 0 Å².